The van der Waals surface area contributed by atoms with Crippen molar-refractivity contribution in [3.8, 4) is 0 Å². The Morgan fingerprint density at radius 2 is 2.00 bits per heavy atom. The summed E-state index contributed by atoms with van der Waals surface area (Å²) in [6.45, 7) is 7.19. The van der Waals surface area contributed by atoms with E-state index in [-0.39, 0.29) is 11.1 Å². The van der Waals surface area contributed by atoms with Crippen molar-refractivity contribution in [1.29, 1.82) is 0 Å². The van der Waals surface area contributed by atoms with Crippen LogP contribution in [0.2, 0.25) is 10.0 Å². The molecule has 1 heterocycles. The zero-order valence-corrected chi connectivity index (χ0v) is 13.6. The minimum Gasteiger partial charge on any atom is -0.314 e. The first-order valence-corrected chi connectivity index (χ1v) is 7.46. The van der Waals surface area contributed by atoms with Crippen molar-refractivity contribution in [3.63, 3.8) is 0 Å². The summed E-state index contributed by atoms with van der Waals surface area (Å²) < 4.78 is 15.6. The van der Waals surface area contributed by atoms with Gasteiger partial charge in [-0.25, -0.2) is 4.39 Å². The van der Waals surface area contributed by atoms with Crippen LogP contribution >= 0.6 is 23.2 Å². The van der Waals surface area contributed by atoms with Gasteiger partial charge in [0.1, 0.15) is 17.5 Å². The number of nitrogens with one attached hydrogen (secondary N) is 1. The van der Waals surface area contributed by atoms with Crippen LogP contribution in [0.1, 0.15) is 37.1 Å². The molecule has 1 aromatic heterocycles. The van der Waals surface area contributed by atoms with E-state index in [0.29, 0.717) is 17.1 Å². The molecule has 0 saturated carbocycles. The van der Waals surface area contributed by atoms with E-state index in [9.17, 15) is 4.39 Å². The van der Waals surface area contributed by atoms with E-state index in [0.717, 1.165) is 18.2 Å². The number of halogens is 3. The van der Waals surface area contributed by atoms with Gasteiger partial charge < -0.3 is 9.88 Å². The number of aromatic nitrogens is 3. The summed E-state index contributed by atoms with van der Waals surface area (Å²) in [4.78, 5) is 0. The molecule has 0 saturated heterocycles. The lowest BCUT2D eigenvalue weighted by atomic mass is 10.1. The second kappa shape index (κ2) is 6.73. The van der Waals surface area contributed by atoms with Gasteiger partial charge in [0.05, 0.1) is 11.6 Å². The standard InChI is InChI=1S/C14H17Cl2FN4/c1-4-21-9(3)19-20-14(21)7-18-8(2)10-5-13(17)12(16)6-11(10)15/h5-6,8,18H,4,7H2,1-3H3. The monoisotopic (exact) mass is 330 g/mol. The molecule has 0 fully saturated rings. The molecule has 0 aliphatic heterocycles. The van der Waals surface area contributed by atoms with E-state index < -0.39 is 5.82 Å². The summed E-state index contributed by atoms with van der Waals surface area (Å²) in [5, 5.41) is 11.9. The molecule has 1 unspecified atom stereocenters. The molecule has 0 aliphatic rings. The van der Waals surface area contributed by atoms with Crippen LogP contribution in [0.5, 0.6) is 0 Å². The largest absolute Gasteiger partial charge is 0.314 e. The average molecular weight is 331 g/mol. The Labute approximate surface area is 133 Å². The zero-order valence-electron chi connectivity index (χ0n) is 12.1. The first-order chi connectivity index (χ1) is 9.93. The molecule has 0 bridgehead atoms. The second-order valence-electron chi connectivity index (χ2n) is 4.80. The van der Waals surface area contributed by atoms with Crippen molar-refractivity contribution in [2.75, 3.05) is 0 Å². The molecule has 0 radical (unpaired) electrons. The summed E-state index contributed by atoms with van der Waals surface area (Å²) in [5.41, 5.74) is 0.665. The molecule has 7 heteroatoms. The molecular weight excluding hydrogens is 314 g/mol. The minimum atomic E-state index is -0.475. The maximum Gasteiger partial charge on any atom is 0.147 e. The van der Waals surface area contributed by atoms with E-state index in [1.54, 1.807) is 0 Å². The Morgan fingerprint density at radius 1 is 1.29 bits per heavy atom. The summed E-state index contributed by atoms with van der Waals surface area (Å²) in [6.07, 6.45) is 0. The maximum atomic E-state index is 13.6. The highest BCUT2D eigenvalue weighted by Gasteiger charge is 2.14. The highest BCUT2D eigenvalue weighted by molar-refractivity contribution is 6.35. The van der Waals surface area contributed by atoms with Crippen LogP contribution in [-0.2, 0) is 13.1 Å². The smallest absolute Gasteiger partial charge is 0.147 e. The predicted molar refractivity (Wildman–Crippen MR) is 82.1 cm³/mol. The van der Waals surface area contributed by atoms with Gasteiger partial charge in [0, 0.05) is 17.6 Å². The SMILES string of the molecule is CCn1c(C)nnc1CNC(C)c1cc(F)c(Cl)cc1Cl. The van der Waals surface area contributed by atoms with Gasteiger partial charge in [-0.2, -0.15) is 0 Å². The topological polar surface area (TPSA) is 42.7 Å². The molecule has 0 spiro atoms. The quantitative estimate of drug-likeness (QED) is 0.845. The third-order valence-corrected chi connectivity index (χ3v) is 4.02. The van der Waals surface area contributed by atoms with E-state index in [1.807, 2.05) is 25.3 Å². The summed E-state index contributed by atoms with van der Waals surface area (Å²) >= 11 is 11.8. The molecular formula is C14H17Cl2FN4. The molecule has 21 heavy (non-hydrogen) atoms. The van der Waals surface area contributed by atoms with E-state index in [4.69, 9.17) is 23.2 Å². The van der Waals surface area contributed by atoms with Crippen LogP contribution in [0.15, 0.2) is 12.1 Å². The number of nitrogens with zero attached hydrogens (tertiary/aromatic N) is 3. The van der Waals surface area contributed by atoms with Crippen molar-refractivity contribution < 1.29 is 4.39 Å². The number of aryl methyl sites for hydroxylation is 1. The van der Waals surface area contributed by atoms with Crippen molar-refractivity contribution in [1.82, 2.24) is 20.1 Å². The number of hydrogen-bond donors (Lipinski definition) is 1. The minimum absolute atomic E-state index is 0.0253. The van der Waals surface area contributed by atoms with Gasteiger partial charge in [0.2, 0.25) is 0 Å². The summed E-state index contributed by atoms with van der Waals surface area (Å²) in [7, 11) is 0. The van der Waals surface area contributed by atoms with Crippen molar-refractivity contribution in [3.05, 3.63) is 45.2 Å². The molecule has 0 aliphatic carbocycles. The number of benzene rings is 1. The van der Waals surface area contributed by atoms with Crippen LogP contribution in [0.3, 0.4) is 0 Å². The summed E-state index contributed by atoms with van der Waals surface area (Å²) in [5.74, 6) is 1.24. The number of rotatable bonds is 5. The predicted octanol–water partition coefficient (Wildman–Crippen LogP) is 3.90. The Hall–Kier alpha value is -1.17. The second-order valence-corrected chi connectivity index (χ2v) is 5.61. The Balaban J connectivity index is 2.11. The van der Waals surface area contributed by atoms with Gasteiger partial charge in [0.25, 0.3) is 0 Å². The van der Waals surface area contributed by atoms with Gasteiger partial charge in [-0.15, -0.1) is 10.2 Å². The molecule has 1 atom stereocenters. The molecule has 0 amide bonds. The van der Waals surface area contributed by atoms with Crippen LogP contribution in [0.25, 0.3) is 0 Å². The molecule has 1 N–H and O–H groups in total. The lowest BCUT2D eigenvalue weighted by Crippen LogP contribution is -2.21. The van der Waals surface area contributed by atoms with Crippen LogP contribution < -0.4 is 5.32 Å². The van der Waals surface area contributed by atoms with Gasteiger partial charge in [-0.1, -0.05) is 23.2 Å². The molecule has 2 aromatic rings. The van der Waals surface area contributed by atoms with E-state index in [2.05, 4.69) is 15.5 Å². The maximum absolute atomic E-state index is 13.6. The van der Waals surface area contributed by atoms with Crippen LogP contribution in [0.4, 0.5) is 4.39 Å². The van der Waals surface area contributed by atoms with Crippen LogP contribution in [-0.4, -0.2) is 14.8 Å². The van der Waals surface area contributed by atoms with Gasteiger partial charge in [-0.3, -0.25) is 0 Å². The molecule has 1 aromatic carbocycles. The van der Waals surface area contributed by atoms with Gasteiger partial charge in [-0.05, 0) is 38.5 Å². The van der Waals surface area contributed by atoms with Crippen molar-refractivity contribution >= 4 is 23.2 Å². The third kappa shape index (κ3) is 3.54. The van der Waals surface area contributed by atoms with Crippen molar-refractivity contribution in [2.45, 2.75) is 39.9 Å². The fourth-order valence-corrected chi connectivity index (χ4v) is 2.74. The Kier molecular flexibility index (Phi) is 5.19. The third-order valence-electron chi connectivity index (χ3n) is 3.40. The highest BCUT2D eigenvalue weighted by atomic mass is 35.5. The average Bonchev–Trinajstić information content (AvgIpc) is 2.80. The number of hydrogen-bond acceptors (Lipinski definition) is 3. The Bertz CT molecular complexity index is 642. The molecule has 2 rings (SSSR count). The van der Waals surface area contributed by atoms with Crippen LogP contribution in [0, 0.1) is 12.7 Å². The van der Waals surface area contributed by atoms with Gasteiger partial charge in [0.15, 0.2) is 0 Å². The Morgan fingerprint density at radius 3 is 2.67 bits per heavy atom. The van der Waals surface area contributed by atoms with E-state index >= 15 is 0 Å². The highest BCUT2D eigenvalue weighted by Crippen LogP contribution is 2.28. The molecule has 114 valence electrons. The van der Waals surface area contributed by atoms with E-state index in [1.165, 1.54) is 12.1 Å². The van der Waals surface area contributed by atoms with Crippen molar-refractivity contribution in [2.24, 2.45) is 0 Å². The molecule has 4 nitrogen and oxygen atoms in total. The lowest BCUT2D eigenvalue weighted by Gasteiger charge is -2.16. The zero-order chi connectivity index (χ0) is 15.6. The first kappa shape index (κ1) is 16.2. The normalized spacial score (nSPS) is 12.7. The summed E-state index contributed by atoms with van der Waals surface area (Å²) in [6, 6.07) is 2.65. The van der Waals surface area contributed by atoms with Gasteiger partial charge >= 0.3 is 0 Å². The first-order valence-electron chi connectivity index (χ1n) is 6.70. The fraction of sp³-hybridized carbons (Fsp3) is 0.429. The lowest BCUT2D eigenvalue weighted by molar-refractivity contribution is 0.533. The fourth-order valence-electron chi connectivity index (χ4n) is 2.19.